The molecule has 0 bridgehead atoms. The number of nitrogens with zero attached hydrogens (tertiary/aromatic N) is 3. The molecule has 0 spiro atoms. The average Bonchev–Trinajstić information content (AvgIpc) is 3.30. The minimum absolute atomic E-state index is 0.0309. The molecule has 15 heteroatoms. The monoisotopic (exact) mass is 628 g/mol. The zero-order valence-electron chi connectivity index (χ0n) is 16.1. The van der Waals surface area contributed by atoms with E-state index < -0.39 is 35.6 Å². The van der Waals surface area contributed by atoms with E-state index in [1.54, 1.807) is 11.4 Å². The van der Waals surface area contributed by atoms with Gasteiger partial charge in [-0.25, -0.2) is 9.50 Å². The van der Waals surface area contributed by atoms with Gasteiger partial charge >= 0.3 is 12.5 Å². The van der Waals surface area contributed by atoms with Crippen molar-refractivity contribution in [2.24, 2.45) is 0 Å². The van der Waals surface area contributed by atoms with Gasteiger partial charge in [0.15, 0.2) is 17.0 Å². The smallest absolute Gasteiger partial charge is 0.406 e. The number of amides is 1. The molecule has 3 aromatic heterocycles. The molecule has 6 nitrogen and oxygen atoms in total. The second-order valence-electron chi connectivity index (χ2n) is 6.58. The Hall–Kier alpha value is -2.65. The van der Waals surface area contributed by atoms with Crippen LogP contribution in [-0.4, -0.2) is 26.9 Å². The molecule has 0 aliphatic rings. The number of fused-ring (bicyclic) bond motifs is 1. The molecule has 1 aromatic carbocycles. The SMILES string of the molecule is O=C(Nc1ccc(OC(F)(F)F)cc1)c1nn2c(C(F)(F)F)cc(-c3cc(Br)cs3)nc2c1Br. The lowest BCUT2D eigenvalue weighted by Crippen LogP contribution is -2.17. The van der Waals surface area contributed by atoms with Crippen molar-refractivity contribution in [1.29, 1.82) is 0 Å². The van der Waals surface area contributed by atoms with E-state index in [0.717, 1.165) is 30.3 Å². The quantitative estimate of drug-likeness (QED) is 0.244. The Bertz CT molecular complexity index is 1380. The lowest BCUT2D eigenvalue weighted by molar-refractivity contribution is -0.274. The number of rotatable bonds is 4. The summed E-state index contributed by atoms with van der Waals surface area (Å²) in [6.45, 7) is 0. The fourth-order valence-corrected chi connectivity index (χ4v) is 4.75. The summed E-state index contributed by atoms with van der Waals surface area (Å²) >= 11 is 7.51. The van der Waals surface area contributed by atoms with Gasteiger partial charge in [0.05, 0.1) is 15.0 Å². The Labute approximate surface area is 206 Å². The van der Waals surface area contributed by atoms with Crippen LogP contribution in [0.5, 0.6) is 5.75 Å². The number of hydrogen-bond acceptors (Lipinski definition) is 5. The number of carbonyl (C=O) groups is 1. The van der Waals surface area contributed by atoms with E-state index in [9.17, 15) is 31.1 Å². The first-order valence-corrected chi connectivity index (χ1v) is 11.4. The molecule has 0 radical (unpaired) electrons. The van der Waals surface area contributed by atoms with Crippen molar-refractivity contribution >= 4 is 60.4 Å². The van der Waals surface area contributed by atoms with Gasteiger partial charge in [-0.05, 0) is 68.3 Å². The number of halogens is 8. The van der Waals surface area contributed by atoms with Gasteiger partial charge in [0.25, 0.3) is 5.91 Å². The van der Waals surface area contributed by atoms with Gasteiger partial charge in [0, 0.05) is 15.5 Å². The van der Waals surface area contributed by atoms with Gasteiger partial charge in [0.1, 0.15) is 5.75 Å². The molecule has 1 amide bonds. The van der Waals surface area contributed by atoms with E-state index in [-0.39, 0.29) is 21.5 Å². The predicted octanol–water partition coefficient (Wildman–Crippen LogP) is 7.15. The molecule has 4 aromatic rings. The van der Waals surface area contributed by atoms with E-state index >= 15 is 0 Å². The van der Waals surface area contributed by atoms with Gasteiger partial charge < -0.3 is 10.1 Å². The maximum atomic E-state index is 13.8. The number of ether oxygens (including phenoxy) is 1. The lowest BCUT2D eigenvalue weighted by atomic mass is 10.2. The van der Waals surface area contributed by atoms with Crippen LogP contribution in [0.3, 0.4) is 0 Å². The van der Waals surface area contributed by atoms with Crippen LogP contribution in [0.25, 0.3) is 16.2 Å². The number of anilines is 1. The summed E-state index contributed by atoms with van der Waals surface area (Å²) in [5.74, 6) is -1.42. The molecular weight excluding hydrogens is 622 g/mol. The van der Waals surface area contributed by atoms with E-state index in [1.165, 1.54) is 11.3 Å². The Morgan fingerprint density at radius 2 is 1.74 bits per heavy atom. The van der Waals surface area contributed by atoms with Gasteiger partial charge in [-0.2, -0.15) is 18.3 Å². The first-order chi connectivity index (χ1) is 15.8. The number of aromatic nitrogens is 3. The molecular formula is C19H8Br2F6N4O2S. The average molecular weight is 630 g/mol. The molecule has 0 fully saturated rings. The van der Waals surface area contributed by atoms with Crippen LogP contribution in [0.1, 0.15) is 16.2 Å². The molecule has 0 aliphatic heterocycles. The van der Waals surface area contributed by atoms with Crippen molar-refractivity contribution < 1.29 is 35.9 Å². The summed E-state index contributed by atoms with van der Waals surface area (Å²) in [6, 6.07) is 6.64. The van der Waals surface area contributed by atoms with Crippen molar-refractivity contribution in [1.82, 2.24) is 14.6 Å². The summed E-state index contributed by atoms with van der Waals surface area (Å²) in [6.07, 6.45) is -9.69. The third kappa shape index (κ3) is 5.20. The zero-order chi connectivity index (χ0) is 24.8. The summed E-state index contributed by atoms with van der Waals surface area (Å²) in [5, 5.41) is 7.82. The number of nitrogens with one attached hydrogen (secondary N) is 1. The normalized spacial score (nSPS) is 12.2. The number of hydrogen-bond donors (Lipinski definition) is 1. The Morgan fingerprint density at radius 3 is 2.29 bits per heavy atom. The van der Waals surface area contributed by atoms with Crippen LogP contribution in [-0.2, 0) is 6.18 Å². The molecule has 178 valence electrons. The van der Waals surface area contributed by atoms with Gasteiger partial charge in [-0.1, -0.05) is 0 Å². The number of alkyl halides is 6. The first-order valence-electron chi connectivity index (χ1n) is 8.90. The molecule has 4 rings (SSSR count). The molecule has 0 atom stereocenters. The van der Waals surface area contributed by atoms with Gasteiger partial charge in [-0.3, -0.25) is 4.79 Å². The highest BCUT2D eigenvalue weighted by Crippen LogP contribution is 2.37. The van der Waals surface area contributed by atoms with Crippen molar-refractivity contribution in [3.63, 3.8) is 0 Å². The molecule has 0 saturated heterocycles. The van der Waals surface area contributed by atoms with Crippen LogP contribution >= 0.6 is 43.2 Å². The minimum atomic E-state index is -4.88. The van der Waals surface area contributed by atoms with Crippen LogP contribution in [0.2, 0.25) is 0 Å². The number of benzene rings is 1. The summed E-state index contributed by atoms with van der Waals surface area (Å²) in [7, 11) is 0. The highest BCUT2D eigenvalue weighted by molar-refractivity contribution is 9.11. The molecule has 3 heterocycles. The Kier molecular flexibility index (Phi) is 6.37. The number of carbonyl (C=O) groups excluding carboxylic acids is 1. The van der Waals surface area contributed by atoms with Crippen LogP contribution in [0, 0.1) is 0 Å². The van der Waals surface area contributed by atoms with Crippen molar-refractivity contribution in [3.05, 3.63) is 62.1 Å². The van der Waals surface area contributed by atoms with Crippen molar-refractivity contribution in [2.45, 2.75) is 12.5 Å². The standard InChI is InChI=1S/C19H8Br2F6N4O2S/c20-8-5-12(34-7-8)11-6-13(18(22,23)24)31-16(29-11)14(21)15(30-31)17(32)28-9-1-3-10(4-2-9)33-19(25,26)27/h1-7H,(H,28,32). The van der Waals surface area contributed by atoms with Gasteiger partial charge in [-0.15, -0.1) is 24.5 Å². The second kappa shape index (κ2) is 8.85. The topological polar surface area (TPSA) is 68.5 Å². The third-order valence-corrected chi connectivity index (χ3v) is 6.65. The fraction of sp³-hybridized carbons (Fsp3) is 0.105. The summed E-state index contributed by atoms with van der Waals surface area (Å²) < 4.78 is 82.9. The highest BCUT2D eigenvalue weighted by Gasteiger charge is 2.37. The fourth-order valence-electron chi connectivity index (χ4n) is 2.84. The minimum Gasteiger partial charge on any atom is -0.406 e. The van der Waals surface area contributed by atoms with Crippen molar-refractivity contribution in [2.75, 3.05) is 5.32 Å². The molecule has 34 heavy (non-hydrogen) atoms. The van der Waals surface area contributed by atoms with Crippen LogP contribution < -0.4 is 10.1 Å². The second-order valence-corrected chi connectivity index (χ2v) is 9.20. The molecule has 0 unspecified atom stereocenters. The maximum absolute atomic E-state index is 13.8. The predicted molar refractivity (Wildman–Crippen MR) is 118 cm³/mol. The number of thiophene rings is 1. The van der Waals surface area contributed by atoms with Crippen LogP contribution in [0.15, 0.2) is 50.7 Å². The van der Waals surface area contributed by atoms with E-state index in [4.69, 9.17) is 0 Å². The molecule has 0 saturated carbocycles. The molecule has 0 aliphatic carbocycles. The van der Waals surface area contributed by atoms with Crippen LogP contribution in [0.4, 0.5) is 32.0 Å². The summed E-state index contributed by atoms with van der Waals surface area (Å²) in [4.78, 5) is 17.4. The largest absolute Gasteiger partial charge is 0.573 e. The Balaban J connectivity index is 1.70. The maximum Gasteiger partial charge on any atom is 0.573 e. The zero-order valence-corrected chi connectivity index (χ0v) is 20.1. The first kappa shape index (κ1) is 24.5. The summed E-state index contributed by atoms with van der Waals surface area (Å²) in [5.41, 5.74) is -1.70. The van der Waals surface area contributed by atoms with Gasteiger partial charge in [0.2, 0.25) is 0 Å². The van der Waals surface area contributed by atoms with E-state index in [0.29, 0.717) is 13.9 Å². The van der Waals surface area contributed by atoms with E-state index in [1.807, 2.05) is 0 Å². The van der Waals surface area contributed by atoms with Crippen molar-refractivity contribution in [3.8, 4) is 16.3 Å². The molecule has 1 N–H and O–H groups in total. The Morgan fingerprint density at radius 1 is 1.06 bits per heavy atom. The highest BCUT2D eigenvalue weighted by atomic mass is 79.9. The third-order valence-electron chi connectivity index (χ3n) is 4.20. The lowest BCUT2D eigenvalue weighted by Gasteiger charge is -2.10. The van der Waals surface area contributed by atoms with E-state index in [2.05, 4.69) is 52.0 Å².